The van der Waals surface area contributed by atoms with Crippen molar-refractivity contribution in [3.63, 3.8) is 0 Å². The molecule has 20 rings (SSSR count). The summed E-state index contributed by atoms with van der Waals surface area (Å²) in [5.41, 5.74) is 28.3. The molecule has 0 saturated carbocycles. The molecular weight excluding hydrogens is 1170 g/mol. The van der Waals surface area contributed by atoms with Crippen LogP contribution in [0.1, 0.15) is 55.6 Å². The van der Waals surface area contributed by atoms with Crippen LogP contribution in [0.2, 0.25) is 0 Å². The molecule has 0 aliphatic carbocycles. The summed E-state index contributed by atoms with van der Waals surface area (Å²) in [5, 5.41) is 5.90. The van der Waals surface area contributed by atoms with Crippen LogP contribution >= 0.6 is 0 Å². The van der Waals surface area contributed by atoms with Crippen molar-refractivity contribution in [2.75, 3.05) is 0 Å². The number of hydrogen-bond acceptors (Lipinski definition) is 0. The molecule has 0 bridgehead atoms. The van der Waals surface area contributed by atoms with Crippen LogP contribution in [0.4, 0.5) is 28.4 Å². The summed E-state index contributed by atoms with van der Waals surface area (Å²) in [5.74, 6) is 0. The Bertz CT molecular complexity index is 6040. The summed E-state index contributed by atoms with van der Waals surface area (Å²) < 4.78 is 22.1. The predicted octanol–water partition coefficient (Wildman–Crippen LogP) is 15.7. The van der Waals surface area contributed by atoms with Crippen LogP contribution in [0.15, 0.2) is 213 Å². The van der Waals surface area contributed by atoms with Crippen molar-refractivity contribution < 1.29 is 23.4 Å². The third-order valence-electron chi connectivity index (χ3n) is 18.9. The second-order valence-electron chi connectivity index (χ2n) is 25.0. The van der Waals surface area contributed by atoms with Crippen LogP contribution in [-0.4, -0.2) is 23.4 Å². The number of fused-ring (bicyclic) bond motifs is 25. The first kappa shape index (κ1) is 57.2. The van der Waals surface area contributed by atoms with Gasteiger partial charge in [-0.1, -0.05) is 121 Å². The van der Waals surface area contributed by atoms with Gasteiger partial charge in [0.2, 0.25) is 31.0 Å². The molecular formula is C80H60N15+5. The minimum absolute atomic E-state index is 0.688. The fourth-order valence-electron chi connectivity index (χ4n) is 14.3. The Morgan fingerprint density at radius 2 is 0.621 bits per heavy atom. The third-order valence-corrected chi connectivity index (χ3v) is 18.9. The maximum absolute atomic E-state index is 7.19. The van der Waals surface area contributed by atoms with Crippen molar-refractivity contribution in [2.45, 2.75) is 67.3 Å². The minimum Gasteiger partial charge on any atom is -0.238 e. The Morgan fingerprint density at radius 1 is 0.274 bits per heavy atom. The summed E-state index contributed by atoms with van der Waals surface area (Å²) in [6, 6.07) is 61.8. The highest BCUT2D eigenvalue weighted by atomic mass is 15.4. The van der Waals surface area contributed by atoms with Gasteiger partial charge in [-0.2, -0.15) is 0 Å². The molecule has 95 heavy (non-hydrogen) atoms. The molecule has 15 aromatic rings. The monoisotopic (exact) mass is 1230 g/mol. The minimum atomic E-state index is 0.688. The standard InChI is InChI=1S/C17H14N3.3C16H12N3.C15H10N3/c1-11-6-14-10-19-9-13-4-5-15(18-3)8-17(13)20(19)16(14)7-12(11)2;1-11-3-6-15-13(7-11)10-18-9-12-4-5-14(17-2)8-16(12)19(15)18;1-11-3-4-12-9-18-10-13-5-6-14(17-2)8-16(13)19(18)15(12)7-11;1-11-4-3-5-13-10-18-9-12-6-7-14(17-2)8-15(12)19(18)16(11)13;1-16-13-7-6-12-10-17-9-11-4-2-3-5-14(11)18(17)15(12)8-13/h4-9H,10H2,1-2H3;3-9H,10H2,1H3;3-8,10H,9H2,1H3;3-9H,10H2,1H3;2-8,10H,9H2/q5*+1. The molecule has 10 aromatic carbocycles. The summed E-state index contributed by atoms with van der Waals surface area (Å²) in [6.45, 7) is 51.0. The zero-order valence-electron chi connectivity index (χ0n) is 53.0. The summed E-state index contributed by atoms with van der Waals surface area (Å²) in [6.07, 6.45) is 10.8. The van der Waals surface area contributed by atoms with Gasteiger partial charge in [-0.25, -0.2) is 24.2 Å². The van der Waals surface area contributed by atoms with Crippen LogP contribution in [0, 0.1) is 67.5 Å². The topological polar surface area (TPSA) is 65.8 Å². The number of aryl methyl sites for hydroxylation is 5. The lowest BCUT2D eigenvalue weighted by Crippen LogP contribution is -2.36. The van der Waals surface area contributed by atoms with E-state index in [9.17, 15) is 0 Å². The average molecular weight is 1230 g/mol. The van der Waals surface area contributed by atoms with E-state index in [-0.39, 0.29) is 0 Å². The van der Waals surface area contributed by atoms with Crippen molar-refractivity contribution >= 4 is 83.0 Å². The maximum atomic E-state index is 7.19. The lowest BCUT2D eigenvalue weighted by molar-refractivity contribution is -0.749. The highest BCUT2D eigenvalue weighted by Gasteiger charge is 2.33. The Morgan fingerprint density at radius 3 is 1.11 bits per heavy atom. The Kier molecular flexibility index (Phi) is 13.5. The van der Waals surface area contributed by atoms with Gasteiger partial charge in [0, 0.05) is 27.8 Å². The van der Waals surface area contributed by atoms with Gasteiger partial charge >= 0.3 is 0 Å². The summed E-state index contributed by atoms with van der Waals surface area (Å²) >= 11 is 0. The molecule has 0 unspecified atom stereocenters. The first-order valence-electron chi connectivity index (χ1n) is 31.4. The van der Waals surface area contributed by atoms with E-state index in [4.69, 9.17) is 32.9 Å². The van der Waals surface area contributed by atoms with Crippen molar-refractivity contribution in [1.29, 1.82) is 0 Å². The molecule has 5 aromatic heterocycles. The highest BCUT2D eigenvalue weighted by molar-refractivity contribution is 5.87. The van der Waals surface area contributed by atoms with Gasteiger partial charge in [-0.05, 0) is 124 Å². The van der Waals surface area contributed by atoms with Crippen molar-refractivity contribution in [3.8, 4) is 28.4 Å². The number of para-hydroxylation sites is 2. The maximum Gasteiger partial charge on any atom is 0.204 e. The zero-order valence-corrected chi connectivity index (χ0v) is 53.0. The molecule has 0 fully saturated rings. The number of rotatable bonds is 0. The lowest BCUT2D eigenvalue weighted by Gasteiger charge is -2.03. The fraction of sp³-hybridized carbons (Fsp3) is 0.125. The van der Waals surface area contributed by atoms with Crippen LogP contribution in [0.25, 0.3) is 107 Å². The molecule has 0 spiro atoms. The lowest BCUT2D eigenvalue weighted by atomic mass is 10.0. The first-order valence-corrected chi connectivity index (χ1v) is 31.4. The third kappa shape index (κ3) is 9.64. The average Bonchev–Trinajstić information content (AvgIpc) is 1.63. The van der Waals surface area contributed by atoms with Gasteiger partial charge in [0.25, 0.3) is 0 Å². The highest BCUT2D eigenvalue weighted by Crippen LogP contribution is 2.35. The first-order chi connectivity index (χ1) is 46.3. The van der Waals surface area contributed by atoms with Gasteiger partial charge in [0.05, 0.1) is 59.8 Å². The Hall–Kier alpha value is -13.0. The molecule has 10 heterocycles. The van der Waals surface area contributed by atoms with Gasteiger partial charge in [-0.15, -0.1) is 46.8 Å². The molecule has 0 saturated heterocycles. The number of aromatic nitrogens is 10. The quantitative estimate of drug-likeness (QED) is 0.107. The zero-order chi connectivity index (χ0) is 64.9. The molecule has 0 atom stereocenters. The molecule has 15 heteroatoms. The molecule has 5 aliphatic rings. The van der Waals surface area contributed by atoms with Gasteiger partial charge in [-0.3, -0.25) is 0 Å². The molecule has 450 valence electrons. The summed E-state index contributed by atoms with van der Waals surface area (Å²) in [7, 11) is 0. The number of nitrogens with zero attached hydrogens (tertiary/aromatic N) is 15. The molecule has 0 N–H and O–H groups in total. The SMILES string of the molecule is [C-]#[N+]c1ccc2c[n+]3n(c2c1)-c1c(C)cccc1C3.[C-]#[N+]c1ccc2c[n+]3n(c2c1)-c1cc(C)c(C)cc1C3.[C-]#[N+]c1ccc2c[n+]3n(c2c1)-c1cc(C)ccc1C3.[C-]#[N+]c1ccc2c[n+]3n(c2c1)-c1ccc(C)cc1C3.[C-]#[N+]c1ccc2c[n+]3n(c2c1)-c1ccccc1C3. The van der Waals surface area contributed by atoms with Crippen LogP contribution in [0.5, 0.6) is 0 Å². The predicted molar refractivity (Wildman–Crippen MR) is 368 cm³/mol. The second-order valence-corrected chi connectivity index (χ2v) is 25.0. The number of hydrogen-bond donors (Lipinski definition) is 0. The van der Waals surface area contributed by atoms with Crippen molar-refractivity contribution in [2.24, 2.45) is 0 Å². The van der Waals surface area contributed by atoms with E-state index >= 15 is 0 Å². The van der Waals surface area contributed by atoms with Crippen LogP contribution < -0.4 is 23.4 Å². The van der Waals surface area contributed by atoms with E-state index in [0.29, 0.717) is 28.4 Å². The molecule has 0 amide bonds. The summed E-state index contributed by atoms with van der Waals surface area (Å²) in [4.78, 5) is 17.6. The molecule has 15 nitrogen and oxygen atoms in total. The molecule has 5 aliphatic heterocycles. The van der Waals surface area contributed by atoms with E-state index < -0.39 is 0 Å². The van der Waals surface area contributed by atoms with E-state index in [1.165, 1.54) is 111 Å². The van der Waals surface area contributed by atoms with Crippen LogP contribution in [0.3, 0.4) is 0 Å². The van der Waals surface area contributed by atoms with E-state index in [1.807, 2.05) is 91.0 Å². The van der Waals surface area contributed by atoms with Crippen LogP contribution in [-0.2, 0) is 32.7 Å². The Labute approximate surface area is 548 Å². The Balaban J connectivity index is 0.0000000937. The smallest absolute Gasteiger partial charge is 0.204 e. The van der Waals surface area contributed by atoms with Gasteiger partial charge in [0.15, 0.2) is 61.2 Å². The van der Waals surface area contributed by atoms with E-state index in [0.717, 1.165) is 60.3 Å². The van der Waals surface area contributed by atoms with E-state index in [1.54, 1.807) is 0 Å². The largest absolute Gasteiger partial charge is 0.238 e. The van der Waals surface area contributed by atoms with Crippen molar-refractivity contribution in [1.82, 2.24) is 23.4 Å². The van der Waals surface area contributed by atoms with Gasteiger partial charge in [0.1, 0.15) is 56.0 Å². The second kappa shape index (κ2) is 22.4. The normalized spacial score (nSPS) is 12.2. The van der Waals surface area contributed by atoms with Gasteiger partial charge < -0.3 is 0 Å². The molecule has 0 radical (unpaired) electrons. The fourth-order valence-corrected chi connectivity index (χ4v) is 14.3. The number of benzene rings is 10. The van der Waals surface area contributed by atoms with Crippen molar-refractivity contribution in [3.05, 3.63) is 326 Å². The van der Waals surface area contributed by atoms with E-state index in [2.05, 4.69) is 228 Å².